The Morgan fingerprint density at radius 1 is 1.29 bits per heavy atom. The topological polar surface area (TPSA) is 56.1 Å². The molecule has 110 valence electrons. The van der Waals surface area contributed by atoms with Crippen molar-refractivity contribution in [2.45, 2.75) is 19.3 Å². The highest BCUT2D eigenvalue weighted by Gasteiger charge is 2.20. The van der Waals surface area contributed by atoms with Gasteiger partial charge in [-0.2, -0.15) is 5.26 Å². The highest BCUT2D eigenvalue weighted by Crippen LogP contribution is 2.16. The number of rotatable bonds is 3. The van der Waals surface area contributed by atoms with Crippen molar-refractivity contribution in [3.8, 4) is 6.07 Å². The molecule has 0 spiro atoms. The maximum absolute atomic E-state index is 13.4. The monoisotopic (exact) mass is 291 g/mol. The molecule has 2 rings (SSSR count). The van der Waals surface area contributed by atoms with Crippen molar-refractivity contribution in [2.24, 2.45) is 0 Å². The van der Waals surface area contributed by atoms with Gasteiger partial charge in [0, 0.05) is 25.4 Å². The summed E-state index contributed by atoms with van der Waals surface area (Å²) in [6.45, 7) is 1.23. The van der Waals surface area contributed by atoms with Crippen LogP contribution in [0, 0.1) is 23.0 Å². The van der Waals surface area contributed by atoms with Crippen LogP contribution in [0.3, 0.4) is 0 Å². The fourth-order valence-corrected chi connectivity index (χ4v) is 2.17. The molecule has 1 aliphatic rings. The van der Waals surface area contributed by atoms with E-state index in [1.165, 1.54) is 0 Å². The summed E-state index contributed by atoms with van der Waals surface area (Å²) in [6, 6.07) is 4.73. The molecule has 1 aromatic carbocycles. The summed E-state index contributed by atoms with van der Waals surface area (Å²) in [5, 5.41) is 11.5. The lowest BCUT2D eigenvalue weighted by atomic mass is 10.1. The Kier molecular flexibility index (Phi) is 4.88. The molecule has 1 aromatic rings. The number of hydrogen-bond acceptors (Lipinski definition) is 3. The minimum absolute atomic E-state index is 0.116. The summed E-state index contributed by atoms with van der Waals surface area (Å²) < 4.78 is 26.5. The standard InChI is InChI=1S/C15H15F2N3O/c16-12-4-5-13(17)14(8-12)19-10-11(9-18)15(21)20-6-2-1-3-7-20/h4-5,8,10,19H,1-3,6-7H2/b11-10-. The number of nitrogens with zero attached hydrogens (tertiary/aromatic N) is 2. The summed E-state index contributed by atoms with van der Waals surface area (Å²) >= 11 is 0. The van der Waals surface area contributed by atoms with E-state index >= 15 is 0 Å². The Morgan fingerprint density at radius 3 is 2.67 bits per heavy atom. The number of piperidine rings is 1. The van der Waals surface area contributed by atoms with E-state index in [4.69, 9.17) is 5.26 Å². The molecule has 0 aliphatic carbocycles. The maximum atomic E-state index is 13.4. The molecule has 1 N–H and O–H groups in total. The number of anilines is 1. The predicted molar refractivity (Wildman–Crippen MR) is 74.1 cm³/mol. The van der Waals surface area contributed by atoms with Gasteiger partial charge in [0.1, 0.15) is 23.3 Å². The van der Waals surface area contributed by atoms with Crippen molar-refractivity contribution in [1.82, 2.24) is 4.90 Å². The average Bonchev–Trinajstić information content (AvgIpc) is 2.51. The molecule has 0 radical (unpaired) electrons. The van der Waals surface area contributed by atoms with Crippen LogP contribution >= 0.6 is 0 Å². The fraction of sp³-hybridized carbons (Fsp3) is 0.333. The van der Waals surface area contributed by atoms with Crippen LogP contribution in [0.4, 0.5) is 14.5 Å². The van der Waals surface area contributed by atoms with Gasteiger partial charge in [-0.3, -0.25) is 4.79 Å². The SMILES string of the molecule is N#C/C(=C/Nc1cc(F)ccc1F)C(=O)N1CCCCC1. The van der Waals surface area contributed by atoms with E-state index in [2.05, 4.69) is 5.32 Å². The first-order chi connectivity index (χ1) is 10.1. The fourth-order valence-electron chi connectivity index (χ4n) is 2.17. The highest BCUT2D eigenvalue weighted by atomic mass is 19.1. The summed E-state index contributed by atoms with van der Waals surface area (Å²) in [5.41, 5.74) is -0.241. The zero-order chi connectivity index (χ0) is 15.2. The van der Waals surface area contributed by atoms with Crippen LogP contribution in [-0.4, -0.2) is 23.9 Å². The number of carbonyl (C=O) groups is 1. The van der Waals surface area contributed by atoms with Gasteiger partial charge in [0.2, 0.25) is 0 Å². The Bertz CT molecular complexity index is 601. The molecule has 0 aromatic heterocycles. The minimum atomic E-state index is -0.657. The van der Waals surface area contributed by atoms with Crippen molar-refractivity contribution < 1.29 is 13.6 Å². The Morgan fingerprint density at radius 2 is 2.00 bits per heavy atom. The zero-order valence-corrected chi connectivity index (χ0v) is 11.4. The van der Waals surface area contributed by atoms with E-state index in [-0.39, 0.29) is 17.2 Å². The molecule has 0 saturated carbocycles. The molecule has 0 atom stereocenters. The van der Waals surface area contributed by atoms with Gasteiger partial charge >= 0.3 is 0 Å². The summed E-state index contributed by atoms with van der Waals surface area (Å²) in [4.78, 5) is 13.7. The first-order valence-electron chi connectivity index (χ1n) is 6.73. The Balaban J connectivity index is 2.11. The van der Waals surface area contributed by atoms with Crippen LogP contribution in [0.1, 0.15) is 19.3 Å². The second kappa shape index (κ2) is 6.84. The summed E-state index contributed by atoms with van der Waals surface area (Å²) in [6.07, 6.45) is 4.02. The summed E-state index contributed by atoms with van der Waals surface area (Å²) in [5.74, 6) is -1.65. The molecule has 1 amide bonds. The molecule has 1 fully saturated rings. The van der Waals surface area contributed by atoms with Gasteiger partial charge in [0.15, 0.2) is 0 Å². The maximum Gasteiger partial charge on any atom is 0.266 e. The second-order valence-electron chi connectivity index (χ2n) is 4.79. The lowest BCUT2D eigenvalue weighted by Gasteiger charge is -2.26. The number of halogens is 2. The van der Waals surface area contributed by atoms with Gasteiger partial charge in [-0.15, -0.1) is 0 Å². The van der Waals surface area contributed by atoms with E-state index in [1.807, 2.05) is 0 Å². The largest absolute Gasteiger partial charge is 0.358 e. The van der Waals surface area contributed by atoms with Gasteiger partial charge in [-0.1, -0.05) is 0 Å². The Hall–Kier alpha value is -2.42. The van der Waals surface area contributed by atoms with Gasteiger partial charge in [0.25, 0.3) is 5.91 Å². The molecular weight excluding hydrogens is 276 g/mol. The zero-order valence-electron chi connectivity index (χ0n) is 11.4. The lowest BCUT2D eigenvalue weighted by Crippen LogP contribution is -2.36. The highest BCUT2D eigenvalue weighted by molar-refractivity contribution is 5.97. The number of nitriles is 1. The molecule has 0 bridgehead atoms. The average molecular weight is 291 g/mol. The van der Waals surface area contributed by atoms with Crippen LogP contribution < -0.4 is 5.32 Å². The van der Waals surface area contributed by atoms with Crippen LogP contribution in [-0.2, 0) is 4.79 Å². The third-order valence-electron chi connectivity index (χ3n) is 3.29. The van der Waals surface area contributed by atoms with Crippen LogP contribution in [0.25, 0.3) is 0 Å². The third-order valence-corrected chi connectivity index (χ3v) is 3.29. The van der Waals surface area contributed by atoms with Gasteiger partial charge in [0.05, 0.1) is 5.69 Å². The van der Waals surface area contributed by atoms with Gasteiger partial charge in [-0.25, -0.2) is 8.78 Å². The number of hydrogen-bond donors (Lipinski definition) is 1. The van der Waals surface area contributed by atoms with Crippen molar-refractivity contribution in [3.05, 3.63) is 41.6 Å². The number of carbonyl (C=O) groups excluding carboxylic acids is 1. The van der Waals surface area contributed by atoms with Crippen molar-refractivity contribution in [3.63, 3.8) is 0 Å². The van der Waals surface area contributed by atoms with Gasteiger partial charge < -0.3 is 10.2 Å². The first kappa shape index (κ1) is 15.0. The van der Waals surface area contributed by atoms with Gasteiger partial charge in [-0.05, 0) is 31.4 Å². The van der Waals surface area contributed by atoms with E-state index in [0.717, 1.165) is 43.7 Å². The minimum Gasteiger partial charge on any atom is -0.358 e. The molecule has 21 heavy (non-hydrogen) atoms. The Labute approximate surface area is 121 Å². The molecule has 4 nitrogen and oxygen atoms in total. The second-order valence-corrected chi connectivity index (χ2v) is 4.79. The van der Waals surface area contributed by atoms with E-state index in [0.29, 0.717) is 13.1 Å². The number of benzene rings is 1. The van der Waals surface area contributed by atoms with Crippen molar-refractivity contribution in [1.29, 1.82) is 5.26 Å². The molecule has 0 unspecified atom stereocenters. The van der Waals surface area contributed by atoms with Crippen LogP contribution in [0.15, 0.2) is 30.0 Å². The molecule has 1 heterocycles. The lowest BCUT2D eigenvalue weighted by molar-refractivity contribution is -0.127. The third kappa shape index (κ3) is 3.78. The first-order valence-corrected chi connectivity index (χ1v) is 6.73. The number of amides is 1. The summed E-state index contributed by atoms with van der Waals surface area (Å²) in [7, 11) is 0. The molecule has 1 aliphatic heterocycles. The van der Waals surface area contributed by atoms with Crippen molar-refractivity contribution >= 4 is 11.6 Å². The van der Waals surface area contributed by atoms with Crippen LogP contribution in [0.2, 0.25) is 0 Å². The van der Waals surface area contributed by atoms with E-state index in [1.54, 1.807) is 11.0 Å². The molecule has 6 heteroatoms. The number of nitrogens with one attached hydrogen (secondary N) is 1. The number of likely N-dealkylation sites (tertiary alicyclic amines) is 1. The molecule has 1 saturated heterocycles. The van der Waals surface area contributed by atoms with E-state index in [9.17, 15) is 13.6 Å². The van der Waals surface area contributed by atoms with E-state index < -0.39 is 11.6 Å². The van der Waals surface area contributed by atoms with Crippen molar-refractivity contribution in [2.75, 3.05) is 18.4 Å². The molecular formula is C15H15F2N3O. The smallest absolute Gasteiger partial charge is 0.266 e. The predicted octanol–water partition coefficient (Wildman–Crippen LogP) is 2.80. The quantitative estimate of drug-likeness (QED) is 0.688. The van der Waals surface area contributed by atoms with Crippen LogP contribution in [0.5, 0.6) is 0 Å². The normalized spacial score (nSPS) is 15.5.